The van der Waals surface area contributed by atoms with Crippen molar-refractivity contribution >= 4 is 27.4 Å². The smallest absolute Gasteiger partial charge is 0.389 e. The Morgan fingerprint density at radius 2 is 1.85 bits per heavy atom. The van der Waals surface area contributed by atoms with E-state index in [0.29, 0.717) is 11.1 Å². The Kier molecular flexibility index (Phi) is 6.26. The van der Waals surface area contributed by atoms with Crippen LogP contribution in [0.5, 0.6) is 5.75 Å². The molecule has 8 heteroatoms. The lowest BCUT2D eigenvalue weighted by Crippen LogP contribution is -2.29. The number of anilines is 1. The van der Waals surface area contributed by atoms with Crippen molar-refractivity contribution in [2.24, 2.45) is 7.05 Å². The Morgan fingerprint density at radius 1 is 1.09 bits per heavy atom. The summed E-state index contributed by atoms with van der Waals surface area (Å²) in [4.78, 5) is 17.0. The number of ether oxygens (including phenoxy) is 1. The number of hydrogen-bond acceptors (Lipinski definition) is 4. The van der Waals surface area contributed by atoms with Crippen molar-refractivity contribution in [3.8, 4) is 5.75 Å². The first kappa shape index (κ1) is 22.6. The molecule has 0 aliphatic heterocycles. The second-order valence-electron chi connectivity index (χ2n) is 8.09. The Hall–Kier alpha value is -3.55. The van der Waals surface area contributed by atoms with E-state index in [-0.39, 0.29) is 18.6 Å². The number of fused-ring (bicyclic) bond motifs is 3. The summed E-state index contributed by atoms with van der Waals surface area (Å²) in [6.45, 7) is 1.88. The van der Waals surface area contributed by atoms with Crippen LogP contribution >= 0.6 is 0 Å². The third-order valence-corrected chi connectivity index (χ3v) is 5.66. The lowest BCUT2D eigenvalue weighted by atomic mass is 10.0. The monoisotopic (exact) mass is 455 g/mol. The number of halogens is 3. The van der Waals surface area contributed by atoms with Gasteiger partial charge in [-0.2, -0.15) is 13.2 Å². The van der Waals surface area contributed by atoms with Crippen LogP contribution in [0.3, 0.4) is 0 Å². The molecule has 172 valence electrons. The van der Waals surface area contributed by atoms with E-state index in [4.69, 9.17) is 4.74 Å². The summed E-state index contributed by atoms with van der Waals surface area (Å²) in [5, 5.41) is 5.29. The van der Waals surface area contributed by atoms with Crippen LogP contribution in [0.4, 0.5) is 18.9 Å². The molecule has 0 fully saturated rings. The maximum absolute atomic E-state index is 12.9. The van der Waals surface area contributed by atoms with Gasteiger partial charge in [0, 0.05) is 30.7 Å². The number of para-hydroxylation sites is 1. The number of alkyl halides is 3. The summed E-state index contributed by atoms with van der Waals surface area (Å²) in [5.41, 5.74) is 2.05. The zero-order valence-electron chi connectivity index (χ0n) is 18.3. The van der Waals surface area contributed by atoms with E-state index < -0.39 is 18.6 Å². The average molecular weight is 455 g/mol. The van der Waals surface area contributed by atoms with E-state index >= 15 is 0 Å². The standard InChI is InChI=1S/C25H24F3N3O2/c1-16-12-20-19-9-11-29-14-22(19)31(2)24(32)21(20)13-23(16)33-15-18(8-10-25(26,27)28)30-17-6-4-3-5-7-17/h3-7,9,11-14,18,30H,8,10,15H2,1-2H3. The molecule has 0 aliphatic rings. The van der Waals surface area contributed by atoms with Gasteiger partial charge in [0.05, 0.1) is 23.1 Å². The van der Waals surface area contributed by atoms with Crippen LogP contribution in [-0.4, -0.2) is 28.4 Å². The SMILES string of the molecule is Cc1cc2c(cc1OCC(CCC(F)(F)F)Nc1ccccc1)c(=O)n(C)c1cnccc21. The Balaban J connectivity index is 1.63. The molecule has 0 saturated heterocycles. The minimum absolute atomic E-state index is 0.0230. The number of nitrogens with zero attached hydrogens (tertiary/aromatic N) is 2. The van der Waals surface area contributed by atoms with Gasteiger partial charge >= 0.3 is 6.18 Å². The number of rotatable bonds is 7. The highest BCUT2D eigenvalue weighted by molar-refractivity contribution is 6.06. The van der Waals surface area contributed by atoms with Crippen molar-refractivity contribution in [1.82, 2.24) is 9.55 Å². The first-order valence-electron chi connectivity index (χ1n) is 10.6. The first-order chi connectivity index (χ1) is 15.7. The Labute approximate surface area is 188 Å². The first-order valence-corrected chi connectivity index (χ1v) is 10.6. The molecular weight excluding hydrogens is 431 g/mol. The molecule has 0 amide bonds. The van der Waals surface area contributed by atoms with E-state index in [9.17, 15) is 18.0 Å². The number of nitrogens with one attached hydrogen (secondary N) is 1. The van der Waals surface area contributed by atoms with Crippen LogP contribution in [0.2, 0.25) is 0 Å². The minimum atomic E-state index is -4.25. The van der Waals surface area contributed by atoms with E-state index in [0.717, 1.165) is 27.5 Å². The van der Waals surface area contributed by atoms with Crippen LogP contribution < -0.4 is 15.6 Å². The van der Waals surface area contributed by atoms with Crippen molar-refractivity contribution in [2.75, 3.05) is 11.9 Å². The van der Waals surface area contributed by atoms with Gasteiger partial charge in [0.1, 0.15) is 12.4 Å². The summed E-state index contributed by atoms with van der Waals surface area (Å²) in [7, 11) is 1.68. The van der Waals surface area contributed by atoms with Gasteiger partial charge in [0.2, 0.25) is 0 Å². The maximum atomic E-state index is 12.9. The largest absolute Gasteiger partial charge is 0.491 e. The summed E-state index contributed by atoms with van der Waals surface area (Å²) in [6, 6.07) is 13.9. The molecule has 5 nitrogen and oxygen atoms in total. The van der Waals surface area contributed by atoms with Crippen molar-refractivity contribution < 1.29 is 17.9 Å². The molecule has 2 aromatic heterocycles. The minimum Gasteiger partial charge on any atom is -0.491 e. The summed E-state index contributed by atoms with van der Waals surface area (Å²) in [5.74, 6) is 0.472. The normalized spacial score (nSPS) is 12.8. The highest BCUT2D eigenvalue weighted by Crippen LogP contribution is 2.29. The topological polar surface area (TPSA) is 56.1 Å². The molecule has 0 aliphatic carbocycles. The number of hydrogen-bond donors (Lipinski definition) is 1. The third kappa shape index (κ3) is 5.10. The molecular formula is C25H24F3N3O2. The molecule has 0 bridgehead atoms. The van der Waals surface area contributed by atoms with Crippen LogP contribution in [0, 0.1) is 6.92 Å². The number of benzene rings is 2. The molecule has 0 spiro atoms. The van der Waals surface area contributed by atoms with Gasteiger partial charge in [-0.15, -0.1) is 0 Å². The Morgan fingerprint density at radius 3 is 2.58 bits per heavy atom. The molecule has 33 heavy (non-hydrogen) atoms. The fourth-order valence-electron chi connectivity index (χ4n) is 3.91. The van der Waals surface area contributed by atoms with Crippen LogP contribution in [0.1, 0.15) is 18.4 Å². The van der Waals surface area contributed by atoms with Crippen LogP contribution in [-0.2, 0) is 7.05 Å². The lowest BCUT2D eigenvalue weighted by molar-refractivity contribution is -0.136. The van der Waals surface area contributed by atoms with E-state index in [1.165, 1.54) is 4.57 Å². The summed E-state index contributed by atoms with van der Waals surface area (Å²) >= 11 is 0. The van der Waals surface area contributed by atoms with Gasteiger partial charge in [0.25, 0.3) is 5.56 Å². The maximum Gasteiger partial charge on any atom is 0.389 e. The van der Waals surface area contributed by atoms with E-state index in [2.05, 4.69) is 10.3 Å². The molecule has 4 rings (SSSR count). The molecule has 2 aromatic carbocycles. The quantitative estimate of drug-likeness (QED) is 0.369. The van der Waals surface area contributed by atoms with Gasteiger partial charge < -0.3 is 14.6 Å². The Bertz CT molecular complexity index is 1330. The molecule has 1 unspecified atom stereocenters. The fraction of sp³-hybridized carbons (Fsp3) is 0.280. The number of pyridine rings is 2. The average Bonchev–Trinajstić information content (AvgIpc) is 2.80. The van der Waals surface area contributed by atoms with Crippen molar-refractivity contribution in [3.63, 3.8) is 0 Å². The summed E-state index contributed by atoms with van der Waals surface area (Å²) in [6.07, 6.45) is -1.98. The van der Waals surface area contributed by atoms with Crippen LogP contribution in [0.15, 0.2) is 65.7 Å². The van der Waals surface area contributed by atoms with Crippen molar-refractivity contribution in [2.45, 2.75) is 32.0 Å². The highest BCUT2D eigenvalue weighted by atomic mass is 19.4. The molecule has 0 radical (unpaired) electrons. The number of aryl methyl sites for hydroxylation is 2. The second kappa shape index (κ2) is 9.13. The van der Waals surface area contributed by atoms with Gasteiger partial charge in [-0.1, -0.05) is 18.2 Å². The fourth-order valence-corrected chi connectivity index (χ4v) is 3.91. The second-order valence-corrected chi connectivity index (χ2v) is 8.09. The lowest BCUT2D eigenvalue weighted by Gasteiger charge is -2.22. The van der Waals surface area contributed by atoms with Crippen molar-refractivity contribution in [3.05, 3.63) is 76.8 Å². The predicted molar refractivity (Wildman–Crippen MR) is 124 cm³/mol. The summed E-state index contributed by atoms with van der Waals surface area (Å²) < 4.78 is 46.1. The molecule has 2 heterocycles. The zero-order valence-corrected chi connectivity index (χ0v) is 18.3. The number of aromatic nitrogens is 2. The predicted octanol–water partition coefficient (Wildman–Crippen LogP) is 5.60. The van der Waals surface area contributed by atoms with Gasteiger partial charge in [0.15, 0.2) is 0 Å². The zero-order chi connectivity index (χ0) is 23.6. The third-order valence-electron chi connectivity index (χ3n) is 5.66. The molecule has 1 N–H and O–H groups in total. The molecule has 0 saturated carbocycles. The van der Waals surface area contributed by atoms with Crippen molar-refractivity contribution in [1.29, 1.82) is 0 Å². The van der Waals surface area contributed by atoms with E-state index in [1.807, 2.05) is 37.3 Å². The van der Waals surface area contributed by atoms with Gasteiger partial charge in [-0.3, -0.25) is 9.78 Å². The molecule has 1 atom stereocenters. The highest BCUT2D eigenvalue weighted by Gasteiger charge is 2.28. The van der Waals surface area contributed by atoms with Crippen LogP contribution in [0.25, 0.3) is 21.7 Å². The van der Waals surface area contributed by atoms with Gasteiger partial charge in [-0.25, -0.2) is 0 Å². The van der Waals surface area contributed by atoms with E-state index in [1.54, 1.807) is 37.6 Å². The molecule has 4 aromatic rings. The van der Waals surface area contributed by atoms with Gasteiger partial charge in [-0.05, 0) is 54.6 Å².